The number of amides is 1. The first-order chi connectivity index (χ1) is 7.22. The van der Waals surface area contributed by atoms with Crippen LogP contribution >= 0.6 is 39.5 Å². The summed E-state index contributed by atoms with van der Waals surface area (Å²) in [6.07, 6.45) is 5.33. The van der Waals surface area contributed by atoms with Crippen molar-refractivity contribution >= 4 is 51.0 Å². The Balaban J connectivity index is 3.05. The lowest BCUT2D eigenvalue weighted by atomic mass is 10.5. The summed E-state index contributed by atoms with van der Waals surface area (Å²) in [5.74, 6) is -0.101. The van der Waals surface area contributed by atoms with Gasteiger partial charge < -0.3 is 5.32 Å². The highest BCUT2D eigenvalue weighted by Crippen LogP contribution is 2.30. The molecule has 0 bridgehead atoms. The second kappa shape index (κ2) is 6.34. The van der Waals surface area contributed by atoms with E-state index in [2.05, 4.69) is 31.2 Å². The number of aromatic nitrogens is 2. The summed E-state index contributed by atoms with van der Waals surface area (Å²) in [6, 6.07) is 0. The monoisotopic (exact) mass is 307 g/mol. The number of rotatable bonds is 4. The van der Waals surface area contributed by atoms with Crippen molar-refractivity contribution in [2.24, 2.45) is 0 Å². The Morgan fingerprint density at radius 3 is 2.33 bits per heavy atom. The van der Waals surface area contributed by atoms with Gasteiger partial charge in [-0.3, -0.25) is 4.79 Å². The summed E-state index contributed by atoms with van der Waals surface area (Å²) in [5, 5.41) is 4.61. The number of carbonyl (C=O) groups excluding carboxylic acids is 1. The van der Waals surface area contributed by atoms with Gasteiger partial charge in [-0.25, -0.2) is 9.97 Å². The smallest absolute Gasteiger partial charge is 0.235 e. The molecule has 0 fully saturated rings. The molecule has 0 aliphatic rings. The van der Waals surface area contributed by atoms with Gasteiger partial charge in [0.15, 0.2) is 0 Å². The van der Waals surface area contributed by atoms with E-state index in [4.69, 9.17) is 0 Å². The van der Waals surface area contributed by atoms with Crippen molar-refractivity contribution in [1.29, 1.82) is 0 Å². The molecule has 0 saturated carbocycles. The van der Waals surface area contributed by atoms with Crippen LogP contribution in [-0.4, -0.2) is 33.7 Å². The summed E-state index contributed by atoms with van der Waals surface area (Å²) in [4.78, 5) is 19.5. The summed E-state index contributed by atoms with van der Waals surface area (Å²) in [5.41, 5.74) is 0.696. The molecule has 0 atom stereocenters. The van der Waals surface area contributed by atoms with Crippen molar-refractivity contribution in [3.8, 4) is 0 Å². The second-order valence-corrected chi connectivity index (χ2v) is 4.60. The SMILES string of the molecule is CSc1ncnc(SC)c1NC(=O)CBr. The lowest BCUT2D eigenvalue weighted by molar-refractivity contribution is -0.113. The largest absolute Gasteiger partial charge is 0.321 e. The lowest BCUT2D eigenvalue weighted by Gasteiger charge is -2.10. The Labute approximate surface area is 105 Å². The van der Waals surface area contributed by atoms with Gasteiger partial charge in [-0.05, 0) is 12.5 Å². The van der Waals surface area contributed by atoms with Crippen LogP contribution < -0.4 is 5.32 Å². The number of carbonyl (C=O) groups is 1. The van der Waals surface area contributed by atoms with E-state index in [0.717, 1.165) is 10.1 Å². The summed E-state index contributed by atoms with van der Waals surface area (Å²) >= 11 is 6.06. The highest BCUT2D eigenvalue weighted by Gasteiger charge is 2.12. The molecule has 0 aliphatic carbocycles. The van der Waals surface area contributed by atoms with E-state index in [9.17, 15) is 4.79 Å². The van der Waals surface area contributed by atoms with Crippen LogP contribution in [0.5, 0.6) is 0 Å². The molecule has 0 unspecified atom stereocenters. The lowest BCUT2D eigenvalue weighted by Crippen LogP contribution is -2.14. The molecule has 1 aromatic rings. The molecule has 15 heavy (non-hydrogen) atoms. The van der Waals surface area contributed by atoms with Crippen LogP contribution in [0.25, 0.3) is 0 Å². The van der Waals surface area contributed by atoms with Gasteiger partial charge in [-0.15, -0.1) is 23.5 Å². The number of thioether (sulfide) groups is 2. The van der Waals surface area contributed by atoms with Crippen LogP contribution in [0.2, 0.25) is 0 Å². The first kappa shape index (κ1) is 12.8. The Kier molecular flexibility index (Phi) is 5.41. The van der Waals surface area contributed by atoms with Crippen molar-refractivity contribution in [1.82, 2.24) is 9.97 Å². The summed E-state index contributed by atoms with van der Waals surface area (Å²) in [6.45, 7) is 0. The van der Waals surface area contributed by atoms with Crippen molar-refractivity contribution < 1.29 is 4.79 Å². The molecule has 0 spiro atoms. The Hall–Kier alpha value is -0.270. The first-order valence-electron chi connectivity index (χ1n) is 4.01. The molecular formula is C8H10BrN3OS2. The Morgan fingerprint density at radius 1 is 1.40 bits per heavy atom. The number of nitrogens with zero attached hydrogens (tertiary/aromatic N) is 2. The Bertz CT molecular complexity index is 339. The summed E-state index contributed by atoms with van der Waals surface area (Å²) < 4.78 is 0. The minimum atomic E-state index is -0.101. The minimum absolute atomic E-state index is 0.101. The van der Waals surface area contributed by atoms with Crippen LogP contribution in [0.4, 0.5) is 5.69 Å². The van der Waals surface area contributed by atoms with Crippen molar-refractivity contribution in [3.63, 3.8) is 0 Å². The van der Waals surface area contributed by atoms with Gasteiger partial charge in [0.2, 0.25) is 5.91 Å². The van der Waals surface area contributed by atoms with Crippen LogP contribution in [0, 0.1) is 0 Å². The predicted octanol–water partition coefficient (Wildman–Crippen LogP) is 2.25. The molecule has 7 heteroatoms. The number of hydrogen-bond acceptors (Lipinski definition) is 5. The van der Waals surface area contributed by atoms with Crippen molar-refractivity contribution in [2.45, 2.75) is 10.1 Å². The zero-order valence-corrected chi connectivity index (χ0v) is 11.5. The van der Waals surface area contributed by atoms with Gasteiger partial charge in [0.25, 0.3) is 0 Å². The molecule has 82 valence electrons. The van der Waals surface area contributed by atoms with Gasteiger partial charge in [0, 0.05) is 0 Å². The average molecular weight is 308 g/mol. The number of alkyl halides is 1. The van der Waals surface area contributed by atoms with Gasteiger partial charge in [-0.1, -0.05) is 15.9 Å². The third-order valence-electron chi connectivity index (χ3n) is 1.55. The number of nitrogens with one attached hydrogen (secondary N) is 1. The van der Waals surface area contributed by atoms with E-state index in [-0.39, 0.29) is 11.2 Å². The molecule has 0 aromatic carbocycles. The molecule has 0 saturated heterocycles. The van der Waals surface area contributed by atoms with E-state index in [1.807, 2.05) is 12.5 Å². The normalized spacial score (nSPS) is 10.1. The molecule has 1 rings (SSSR count). The average Bonchev–Trinajstić information content (AvgIpc) is 2.29. The minimum Gasteiger partial charge on any atom is -0.321 e. The van der Waals surface area contributed by atoms with E-state index >= 15 is 0 Å². The van der Waals surface area contributed by atoms with E-state index in [0.29, 0.717) is 5.69 Å². The number of hydrogen-bond donors (Lipinski definition) is 1. The highest BCUT2D eigenvalue weighted by molar-refractivity contribution is 9.09. The topological polar surface area (TPSA) is 54.9 Å². The molecule has 0 aliphatic heterocycles. The van der Waals surface area contributed by atoms with Crippen LogP contribution in [0.15, 0.2) is 16.4 Å². The molecule has 1 N–H and O–H groups in total. The van der Waals surface area contributed by atoms with Gasteiger partial charge >= 0.3 is 0 Å². The van der Waals surface area contributed by atoms with Gasteiger partial charge in [0.05, 0.1) is 5.33 Å². The Morgan fingerprint density at radius 2 is 1.93 bits per heavy atom. The molecule has 0 radical (unpaired) electrons. The van der Waals surface area contributed by atoms with Crippen LogP contribution in [0.3, 0.4) is 0 Å². The van der Waals surface area contributed by atoms with Crippen LogP contribution in [-0.2, 0) is 4.79 Å². The van der Waals surface area contributed by atoms with E-state index in [1.165, 1.54) is 29.9 Å². The van der Waals surface area contributed by atoms with Crippen molar-refractivity contribution in [2.75, 3.05) is 23.2 Å². The maximum Gasteiger partial charge on any atom is 0.235 e. The highest BCUT2D eigenvalue weighted by atomic mass is 79.9. The van der Waals surface area contributed by atoms with E-state index in [1.54, 1.807) is 0 Å². The molecule has 1 aromatic heterocycles. The standard InChI is InChI=1S/C8H10BrN3OS2/c1-14-7-6(12-5(13)3-9)8(15-2)11-4-10-7/h4H,3H2,1-2H3,(H,12,13). The van der Waals surface area contributed by atoms with Crippen molar-refractivity contribution in [3.05, 3.63) is 6.33 Å². The fourth-order valence-corrected chi connectivity index (χ4v) is 2.16. The zero-order valence-electron chi connectivity index (χ0n) is 8.28. The first-order valence-corrected chi connectivity index (χ1v) is 7.58. The zero-order chi connectivity index (χ0) is 11.3. The van der Waals surface area contributed by atoms with Gasteiger partial charge in [0.1, 0.15) is 22.1 Å². The predicted molar refractivity (Wildman–Crippen MR) is 68.0 cm³/mol. The van der Waals surface area contributed by atoms with Crippen LogP contribution in [0.1, 0.15) is 0 Å². The number of halogens is 1. The van der Waals surface area contributed by atoms with E-state index < -0.39 is 0 Å². The maximum absolute atomic E-state index is 11.3. The summed E-state index contributed by atoms with van der Waals surface area (Å²) in [7, 11) is 0. The fourth-order valence-electron chi connectivity index (χ4n) is 0.944. The molecular weight excluding hydrogens is 298 g/mol. The molecule has 1 amide bonds. The third-order valence-corrected chi connectivity index (χ3v) is 3.45. The molecule has 4 nitrogen and oxygen atoms in total. The number of anilines is 1. The molecule has 1 heterocycles. The quantitative estimate of drug-likeness (QED) is 0.525. The second-order valence-electron chi connectivity index (χ2n) is 2.45. The third kappa shape index (κ3) is 3.35. The maximum atomic E-state index is 11.3. The fraction of sp³-hybridized carbons (Fsp3) is 0.375. The van der Waals surface area contributed by atoms with Gasteiger partial charge in [-0.2, -0.15) is 0 Å².